The summed E-state index contributed by atoms with van der Waals surface area (Å²) in [6.07, 6.45) is 0. The summed E-state index contributed by atoms with van der Waals surface area (Å²) in [5, 5.41) is 1.34. The van der Waals surface area contributed by atoms with Crippen molar-refractivity contribution in [1.82, 2.24) is 4.90 Å². The van der Waals surface area contributed by atoms with Gasteiger partial charge in [0.05, 0.1) is 5.37 Å². The Morgan fingerprint density at radius 2 is 2.08 bits per heavy atom. The molecule has 1 aliphatic rings. The van der Waals surface area contributed by atoms with Gasteiger partial charge in [0.25, 0.3) is 0 Å². The Kier molecular flexibility index (Phi) is 2.82. The van der Waals surface area contributed by atoms with Crippen LogP contribution in [0.4, 0.5) is 0 Å². The number of thioether (sulfide) groups is 1. The fraction of sp³-hybridized carbons (Fsp3) is 0.400. The summed E-state index contributed by atoms with van der Waals surface area (Å²) >= 11 is 7.83. The Morgan fingerprint density at radius 3 is 2.62 bits per heavy atom. The first kappa shape index (κ1) is 9.38. The topological polar surface area (TPSA) is 3.24 Å². The monoisotopic (exact) mass is 213 g/mol. The molecule has 70 valence electrons. The summed E-state index contributed by atoms with van der Waals surface area (Å²) in [4.78, 5) is 2.37. The van der Waals surface area contributed by atoms with E-state index in [-0.39, 0.29) is 0 Å². The molecule has 0 saturated carbocycles. The minimum Gasteiger partial charge on any atom is -0.290 e. The first-order valence-electron chi connectivity index (χ1n) is 4.35. The van der Waals surface area contributed by atoms with E-state index in [2.05, 4.69) is 24.1 Å². The van der Waals surface area contributed by atoms with Crippen LogP contribution in [-0.4, -0.2) is 24.2 Å². The van der Waals surface area contributed by atoms with Crippen LogP contribution in [0, 0.1) is 0 Å². The van der Waals surface area contributed by atoms with Crippen molar-refractivity contribution in [2.45, 2.75) is 5.37 Å². The first-order valence-corrected chi connectivity index (χ1v) is 5.77. The molecule has 1 nitrogen and oxygen atoms in total. The maximum atomic E-state index is 5.83. The van der Waals surface area contributed by atoms with E-state index in [1.165, 1.54) is 17.9 Å². The summed E-state index contributed by atoms with van der Waals surface area (Å²) in [6.45, 7) is 1.18. The van der Waals surface area contributed by atoms with Crippen molar-refractivity contribution in [2.75, 3.05) is 19.3 Å². The Labute approximate surface area is 88.1 Å². The smallest absolute Gasteiger partial charge is 0.0812 e. The van der Waals surface area contributed by atoms with Gasteiger partial charge in [-0.2, -0.15) is 0 Å². The molecule has 1 unspecified atom stereocenters. The quantitative estimate of drug-likeness (QED) is 0.706. The molecule has 0 spiro atoms. The van der Waals surface area contributed by atoms with Gasteiger partial charge in [-0.15, -0.1) is 11.8 Å². The molecule has 1 saturated heterocycles. The Morgan fingerprint density at radius 1 is 1.38 bits per heavy atom. The highest BCUT2D eigenvalue weighted by molar-refractivity contribution is 7.99. The molecule has 13 heavy (non-hydrogen) atoms. The third-order valence-electron chi connectivity index (χ3n) is 2.28. The first-order chi connectivity index (χ1) is 6.27. The van der Waals surface area contributed by atoms with Gasteiger partial charge in [0, 0.05) is 17.3 Å². The summed E-state index contributed by atoms with van der Waals surface area (Å²) in [5.74, 6) is 1.23. The van der Waals surface area contributed by atoms with E-state index in [1.807, 2.05) is 23.9 Å². The number of benzene rings is 1. The predicted octanol–water partition coefficient (Wildman–Crippen LogP) is 3.02. The van der Waals surface area contributed by atoms with Gasteiger partial charge in [0.2, 0.25) is 0 Å². The summed E-state index contributed by atoms with van der Waals surface area (Å²) < 4.78 is 0. The van der Waals surface area contributed by atoms with Crippen LogP contribution < -0.4 is 0 Å². The van der Waals surface area contributed by atoms with Crippen molar-refractivity contribution < 1.29 is 0 Å². The number of hydrogen-bond donors (Lipinski definition) is 0. The lowest BCUT2D eigenvalue weighted by Gasteiger charge is -2.18. The lowest BCUT2D eigenvalue weighted by molar-refractivity contribution is 0.358. The van der Waals surface area contributed by atoms with Crippen LogP contribution >= 0.6 is 23.4 Å². The minimum atomic E-state index is 0.525. The van der Waals surface area contributed by atoms with Crippen molar-refractivity contribution in [3.05, 3.63) is 34.9 Å². The van der Waals surface area contributed by atoms with Gasteiger partial charge < -0.3 is 0 Å². The molecular weight excluding hydrogens is 202 g/mol. The zero-order chi connectivity index (χ0) is 9.26. The molecule has 1 fully saturated rings. The summed E-state index contributed by atoms with van der Waals surface area (Å²) in [7, 11) is 2.17. The number of nitrogens with zero attached hydrogens (tertiary/aromatic N) is 1. The van der Waals surface area contributed by atoms with Gasteiger partial charge in [-0.25, -0.2) is 0 Å². The van der Waals surface area contributed by atoms with Crippen LogP contribution in [0.15, 0.2) is 24.3 Å². The molecule has 0 aromatic heterocycles. The third-order valence-corrected chi connectivity index (χ3v) is 3.89. The fourth-order valence-electron chi connectivity index (χ4n) is 1.53. The molecule has 1 aliphatic heterocycles. The Bertz CT molecular complexity index is 285. The van der Waals surface area contributed by atoms with E-state index in [4.69, 9.17) is 11.6 Å². The molecular formula is C10H12ClNS. The van der Waals surface area contributed by atoms with E-state index in [0.717, 1.165) is 5.02 Å². The van der Waals surface area contributed by atoms with Crippen LogP contribution in [0.3, 0.4) is 0 Å². The van der Waals surface area contributed by atoms with E-state index in [1.54, 1.807) is 0 Å². The predicted molar refractivity (Wildman–Crippen MR) is 59.3 cm³/mol. The highest BCUT2D eigenvalue weighted by Crippen LogP contribution is 2.36. The zero-order valence-corrected chi connectivity index (χ0v) is 9.11. The second kappa shape index (κ2) is 3.91. The van der Waals surface area contributed by atoms with Gasteiger partial charge >= 0.3 is 0 Å². The molecule has 0 aliphatic carbocycles. The summed E-state index contributed by atoms with van der Waals surface area (Å²) in [5.41, 5.74) is 1.36. The van der Waals surface area contributed by atoms with E-state index in [0.29, 0.717) is 5.37 Å². The molecule has 1 aromatic carbocycles. The molecule has 2 rings (SSSR count). The van der Waals surface area contributed by atoms with Crippen LogP contribution in [0.25, 0.3) is 0 Å². The summed E-state index contributed by atoms with van der Waals surface area (Å²) in [6, 6.07) is 8.15. The van der Waals surface area contributed by atoms with Crippen LogP contribution in [0.1, 0.15) is 10.9 Å². The maximum Gasteiger partial charge on any atom is 0.0812 e. The molecule has 0 N–H and O–H groups in total. The van der Waals surface area contributed by atoms with Gasteiger partial charge in [0.15, 0.2) is 0 Å². The normalized spacial score (nSPS) is 23.7. The van der Waals surface area contributed by atoms with E-state index in [9.17, 15) is 0 Å². The van der Waals surface area contributed by atoms with Crippen LogP contribution in [-0.2, 0) is 0 Å². The lowest BCUT2D eigenvalue weighted by Crippen LogP contribution is -2.16. The number of halogens is 1. The van der Waals surface area contributed by atoms with E-state index >= 15 is 0 Å². The number of hydrogen-bond acceptors (Lipinski definition) is 2. The Hall–Kier alpha value is -0.180. The van der Waals surface area contributed by atoms with Crippen molar-refractivity contribution in [3.8, 4) is 0 Å². The van der Waals surface area contributed by atoms with Gasteiger partial charge in [0.1, 0.15) is 0 Å². The van der Waals surface area contributed by atoms with Gasteiger partial charge in [-0.1, -0.05) is 23.7 Å². The van der Waals surface area contributed by atoms with Gasteiger partial charge in [-0.05, 0) is 24.7 Å². The molecule has 3 heteroatoms. The highest BCUT2D eigenvalue weighted by atomic mass is 35.5. The van der Waals surface area contributed by atoms with Crippen LogP contribution in [0.5, 0.6) is 0 Å². The minimum absolute atomic E-state index is 0.525. The fourth-order valence-corrected chi connectivity index (χ4v) is 2.98. The van der Waals surface area contributed by atoms with Crippen LogP contribution in [0.2, 0.25) is 5.02 Å². The average molecular weight is 214 g/mol. The molecule has 1 aromatic rings. The van der Waals surface area contributed by atoms with Gasteiger partial charge in [-0.3, -0.25) is 4.90 Å². The van der Waals surface area contributed by atoms with Crippen molar-refractivity contribution in [3.63, 3.8) is 0 Å². The maximum absolute atomic E-state index is 5.83. The second-order valence-electron chi connectivity index (χ2n) is 3.26. The molecule has 0 radical (unpaired) electrons. The largest absolute Gasteiger partial charge is 0.290 e. The molecule has 1 heterocycles. The molecule has 1 atom stereocenters. The Balaban J connectivity index is 2.20. The van der Waals surface area contributed by atoms with Crippen molar-refractivity contribution in [2.24, 2.45) is 0 Å². The molecule has 0 bridgehead atoms. The highest BCUT2D eigenvalue weighted by Gasteiger charge is 2.22. The van der Waals surface area contributed by atoms with E-state index < -0.39 is 0 Å². The second-order valence-corrected chi connectivity index (χ2v) is 4.88. The zero-order valence-electron chi connectivity index (χ0n) is 7.53. The standard InChI is InChI=1S/C10H12ClNS/c1-12-6-7-13-10(12)8-2-4-9(11)5-3-8/h2-5,10H,6-7H2,1H3. The average Bonchev–Trinajstić information content (AvgIpc) is 2.53. The third kappa shape index (κ3) is 2.01. The number of rotatable bonds is 1. The SMILES string of the molecule is CN1CCSC1c1ccc(Cl)cc1. The van der Waals surface area contributed by atoms with Crippen molar-refractivity contribution >= 4 is 23.4 Å². The van der Waals surface area contributed by atoms with Crippen molar-refractivity contribution in [1.29, 1.82) is 0 Å². The lowest BCUT2D eigenvalue weighted by atomic mass is 10.2. The molecule has 0 amide bonds.